The minimum Gasteiger partial charge on any atom is -0.481 e. The number of ketones is 2. The largest absolute Gasteiger partial charge is 0.481 e. The van der Waals surface area contributed by atoms with Crippen molar-refractivity contribution in [2.75, 3.05) is 13.1 Å². The summed E-state index contributed by atoms with van der Waals surface area (Å²) in [6, 6.07) is 0. The highest BCUT2D eigenvalue weighted by atomic mass is 16.4. The number of nitrogens with one attached hydrogen (secondary N) is 1. The summed E-state index contributed by atoms with van der Waals surface area (Å²) in [4.78, 5) is 29.5. The van der Waals surface area contributed by atoms with Crippen LogP contribution < -0.4 is 5.32 Å². The van der Waals surface area contributed by atoms with Crippen molar-refractivity contribution in [3.63, 3.8) is 0 Å². The number of carboxylic acids is 1. The predicted molar refractivity (Wildman–Crippen MR) is 47.5 cm³/mol. The fraction of sp³-hybridized carbons (Fsp3) is 0.625. The number of carboxylic acid groups (broad SMARTS) is 1. The molecule has 0 aliphatic carbocycles. The quantitative estimate of drug-likeness (QED) is 0.642. The molecular formula is C8H15NO4. The van der Waals surface area contributed by atoms with Gasteiger partial charge >= 0.3 is 0 Å². The number of hydrogen-bond acceptors (Lipinski definition) is 4. The maximum Gasteiger partial charge on any atom is 0.300 e. The van der Waals surface area contributed by atoms with Crippen LogP contribution in [0.5, 0.6) is 0 Å². The summed E-state index contributed by atoms with van der Waals surface area (Å²) in [5.41, 5.74) is 0. The Labute approximate surface area is 77.1 Å². The van der Waals surface area contributed by atoms with Gasteiger partial charge in [0.25, 0.3) is 5.97 Å². The number of rotatable bonds is 4. The molecule has 0 aromatic heterocycles. The van der Waals surface area contributed by atoms with E-state index in [0.29, 0.717) is 13.1 Å². The Bertz CT molecular complexity index is 171. The average Bonchev–Trinajstić information content (AvgIpc) is 1.83. The second-order valence-electron chi connectivity index (χ2n) is 2.53. The van der Waals surface area contributed by atoms with Gasteiger partial charge in [-0.2, -0.15) is 0 Å². The van der Waals surface area contributed by atoms with Crippen LogP contribution >= 0.6 is 0 Å². The van der Waals surface area contributed by atoms with Gasteiger partial charge < -0.3 is 10.4 Å². The van der Waals surface area contributed by atoms with E-state index in [2.05, 4.69) is 5.32 Å². The normalized spacial score (nSPS) is 8.23. The molecule has 0 radical (unpaired) electrons. The van der Waals surface area contributed by atoms with Crippen molar-refractivity contribution in [3.8, 4) is 0 Å². The van der Waals surface area contributed by atoms with Gasteiger partial charge in [0.2, 0.25) is 0 Å². The van der Waals surface area contributed by atoms with Crippen molar-refractivity contribution < 1.29 is 19.5 Å². The van der Waals surface area contributed by atoms with Gasteiger partial charge in [0, 0.05) is 6.92 Å². The van der Waals surface area contributed by atoms with Gasteiger partial charge in [0.15, 0.2) is 0 Å². The Morgan fingerprint density at radius 1 is 1.00 bits per heavy atom. The third-order valence-electron chi connectivity index (χ3n) is 0.748. The molecule has 0 aliphatic rings. The van der Waals surface area contributed by atoms with Gasteiger partial charge in [0.05, 0.1) is 13.1 Å². The van der Waals surface area contributed by atoms with Gasteiger partial charge in [-0.15, -0.1) is 0 Å². The lowest BCUT2D eigenvalue weighted by Gasteiger charge is -1.95. The molecule has 76 valence electrons. The summed E-state index contributed by atoms with van der Waals surface area (Å²) >= 11 is 0. The van der Waals surface area contributed by atoms with E-state index >= 15 is 0 Å². The van der Waals surface area contributed by atoms with Crippen LogP contribution in [0.25, 0.3) is 0 Å². The molecule has 5 nitrogen and oxygen atoms in total. The monoisotopic (exact) mass is 189 g/mol. The molecule has 0 amide bonds. The average molecular weight is 189 g/mol. The van der Waals surface area contributed by atoms with E-state index in [1.54, 1.807) is 0 Å². The van der Waals surface area contributed by atoms with Crippen LogP contribution in [-0.2, 0) is 14.4 Å². The lowest BCUT2D eigenvalue weighted by molar-refractivity contribution is -0.134. The molecule has 5 heteroatoms. The summed E-state index contributed by atoms with van der Waals surface area (Å²) in [6.45, 7) is 4.62. The van der Waals surface area contributed by atoms with E-state index < -0.39 is 5.97 Å². The first-order valence-corrected chi connectivity index (χ1v) is 3.75. The summed E-state index contributed by atoms with van der Waals surface area (Å²) in [5, 5.41) is 10.1. The first-order chi connectivity index (χ1) is 5.86. The van der Waals surface area contributed by atoms with Gasteiger partial charge in [-0.05, 0) is 13.8 Å². The molecule has 13 heavy (non-hydrogen) atoms. The van der Waals surface area contributed by atoms with Crippen molar-refractivity contribution in [3.05, 3.63) is 0 Å². The molecule has 0 heterocycles. The highest BCUT2D eigenvalue weighted by molar-refractivity contribution is 5.80. The van der Waals surface area contributed by atoms with Crippen LogP contribution in [0.1, 0.15) is 20.8 Å². The van der Waals surface area contributed by atoms with Crippen molar-refractivity contribution >= 4 is 17.5 Å². The molecule has 2 N–H and O–H groups in total. The molecule has 0 unspecified atom stereocenters. The number of aliphatic carboxylic acids is 1. The van der Waals surface area contributed by atoms with E-state index in [1.807, 2.05) is 0 Å². The third kappa shape index (κ3) is 36.4. The Kier molecular flexibility index (Phi) is 9.75. The molecule has 0 rings (SSSR count). The molecule has 0 spiro atoms. The minimum atomic E-state index is -0.833. The van der Waals surface area contributed by atoms with E-state index in [9.17, 15) is 9.59 Å². The zero-order valence-corrected chi connectivity index (χ0v) is 8.09. The molecule has 0 aromatic rings. The molecule has 0 bridgehead atoms. The first-order valence-electron chi connectivity index (χ1n) is 3.75. The lowest BCUT2D eigenvalue weighted by Crippen LogP contribution is -2.25. The molecule has 0 atom stereocenters. The Morgan fingerprint density at radius 3 is 1.38 bits per heavy atom. The van der Waals surface area contributed by atoms with Crippen molar-refractivity contribution in [2.24, 2.45) is 0 Å². The maximum atomic E-state index is 10.3. The van der Waals surface area contributed by atoms with Crippen LogP contribution in [0, 0.1) is 0 Å². The van der Waals surface area contributed by atoms with Crippen molar-refractivity contribution in [2.45, 2.75) is 20.8 Å². The Morgan fingerprint density at radius 2 is 1.23 bits per heavy atom. The first kappa shape index (κ1) is 14.3. The van der Waals surface area contributed by atoms with Gasteiger partial charge in [-0.3, -0.25) is 14.4 Å². The van der Waals surface area contributed by atoms with E-state index in [-0.39, 0.29) is 11.6 Å². The van der Waals surface area contributed by atoms with Crippen molar-refractivity contribution in [1.29, 1.82) is 0 Å². The maximum absolute atomic E-state index is 10.3. The summed E-state index contributed by atoms with van der Waals surface area (Å²) in [5.74, 6) is -0.729. The minimum absolute atomic E-state index is 0.0521. The van der Waals surface area contributed by atoms with Crippen LogP contribution in [0.4, 0.5) is 0 Å². The summed E-state index contributed by atoms with van der Waals surface area (Å²) in [6.07, 6.45) is 0. The van der Waals surface area contributed by atoms with Gasteiger partial charge in [0.1, 0.15) is 11.6 Å². The highest BCUT2D eigenvalue weighted by Crippen LogP contribution is 1.66. The van der Waals surface area contributed by atoms with Crippen LogP contribution in [0.2, 0.25) is 0 Å². The van der Waals surface area contributed by atoms with Crippen LogP contribution in [0.15, 0.2) is 0 Å². The lowest BCUT2D eigenvalue weighted by atomic mass is 10.4. The molecule has 0 aliphatic heterocycles. The van der Waals surface area contributed by atoms with Gasteiger partial charge in [-0.1, -0.05) is 0 Å². The highest BCUT2D eigenvalue weighted by Gasteiger charge is 1.93. The molecular weight excluding hydrogens is 174 g/mol. The van der Waals surface area contributed by atoms with Crippen LogP contribution in [0.3, 0.4) is 0 Å². The number of carbonyl (C=O) groups is 3. The fourth-order valence-corrected chi connectivity index (χ4v) is 0.415. The summed E-state index contributed by atoms with van der Waals surface area (Å²) in [7, 11) is 0. The zero-order valence-electron chi connectivity index (χ0n) is 8.09. The molecule has 0 fully saturated rings. The standard InChI is InChI=1S/C6H11NO2.C2H4O2/c1-5(8)3-7-4-6(2)9;1-2(3)4/h7H,3-4H2,1-2H3;1H3,(H,3,4). The Hall–Kier alpha value is -1.23. The second kappa shape index (κ2) is 8.86. The van der Waals surface area contributed by atoms with Crippen molar-refractivity contribution in [1.82, 2.24) is 5.32 Å². The zero-order chi connectivity index (χ0) is 10.9. The predicted octanol–water partition coefficient (Wildman–Crippen LogP) is -0.155. The molecule has 0 saturated carbocycles. The fourth-order valence-electron chi connectivity index (χ4n) is 0.415. The topological polar surface area (TPSA) is 83.5 Å². The number of carbonyl (C=O) groups excluding carboxylic acids is 2. The smallest absolute Gasteiger partial charge is 0.300 e. The van der Waals surface area contributed by atoms with E-state index in [0.717, 1.165) is 6.92 Å². The third-order valence-corrected chi connectivity index (χ3v) is 0.748. The van der Waals surface area contributed by atoms with E-state index in [1.165, 1.54) is 13.8 Å². The van der Waals surface area contributed by atoms with Gasteiger partial charge in [-0.25, -0.2) is 0 Å². The molecule has 0 aromatic carbocycles. The second-order valence-corrected chi connectivity index (χ2v) is 2.53. The summed E-state index contributed by atoms with van der Waals surface area (Å²) < 4.78 is 0. The number of hydrogen-bond donors (Lipinski definition) is 2. The Balaban J connectivity index is 0. The molecule has 0 saturated heterocycles. The number of Topliss-reactive ketones (excluding diaryl/α,β-unsaturated/α-hetero) is 2. The SMILES string of the molecule is CC(=O)CNCC(C)=O.CC(=O)O. The van der Waals surface area contributed by atoms with Crippen LogP contribution in [-0.4, -0.2) is 35.7 Å². The van der Waals surface area contributed by atoms with E-state index in [4.69, 9.17) is 9.90 Å².